The topological polar surface area (TPSA) is 98.5 Å². The molecule has 0 radical (unpaired) electrons. The lowest BCUT2D eigenvalue weighted by molar-refractivity contribution is -0.384. The fourth-order valence-electron chi connectivity index (χ4n) is 1.92. The molecule has 0 saturated carbocycles. The van der Waals surface area contributed by atoms with E-state index in [0.29, 0.717) is 12.0 Å². The van der Waals surface area contributed by atoms with E-state index >= 15 is 0 Å². The normalized spacial score (nSPS) is 11.3. The number of nitro benzene ring substituents is 1. The first-order chi connectivity index (χ1) is 10.8. The Bertz CT molecular complexity index is 621. The monoisotopic (exact) mass is 320 g/mol. The van der Waals surface area contributed by atoms with Gasteiger partial charge in [0.25, 0.3) is 5.69 Å². The Labute approximate surface area is 134 Å². The molecule has 0 unspecified atom stereocenters. The van der Waals surface area contributed by atoms with Crippen LogP contribution in [0.15, 0.2) is 35.9 Å². The number of rotatable bonds is 7. The van der Waals surface area contributed by atoms with Gasteiger partial charge < -0.3 is 10.1 Å². The fourth-order valence-corrected chi connectivity index (χ4v) is 1.92. The van der Waals surface area contributed by atoms with E-state index in [1.165, 1.54) is 25.3 Å². The highest BCUT2D eigenvalue weighted by Crippen LogP contribution is 2.13. The Morgan fingerprint density at radius 1 is 1.39 bits per heavy atom. The van der Waals surface area contributed by atoms with Crippen LogP contribution < -0.4 is 5.32 Å². The summed E-state index contributed by atoms with van der Waals surface area (Å²) < 4.78 is 4.67. The van der Waals surface area contributed by atoms with E-state index in [0.717, 1.165) is 5.57 Å². The van der Waals surface area contributed by atoms with Crippen molar-refractivity contribution in [3.05, 3.63) is 51.6 Å². The number of nitrogens with zero attached hydrogens (tertiary/aromatic N) is 1. The van der Waals surface area contributed by atoms with Crippen LogP contribution >= 0.6 is 0 Å². The number of nitrogens with one attached hydrogen (secondary N) is 1. The third-order valence-corrected chi connectivity index (χ3v) is 3.07. The largest absolute Gasteiger partial charge is 0.467 e. The van der Waals surface area contributed by atoms with Gasteiger partial charge in [0.15, 0.2) is 0 Å². The summed E-state index contributed by atoms with van der Waals surface area (Å²) in [6.45, 7) is 3.78. The van der Waals surface area contributed by atoms with Gasteiger partial charge >= 0.3 is 5.97 Å². The van der Waals surface area contributed by atoms with Crippen molar-refractivity contribution >= 4 is 17.6 Å². The number of non-ortho nitro benzene ring substituents is 1. The minimum atomic E-state index is -0.777. The Hall–Kier alpha value is -2.70. The Morgan fingerprint density at radius 3 is 2.65 bits per heavy atom. The minimum Gasteiger partial charge on any atom is -0.467 e. The Balaban J connectivity index is 2.75. The van der Waals surface area contributed by atoms with Gasteiger partial charge in [-0.25, -0.2) is 4.79 Å². The summed E-state index contributed by atoms with van der Waals surface area (Å²) in [6.07, 6.45) is 2.11. The van der Waals surface area contributed by atoms with Gasteiger partial charge in [-0.1, -0.05) is 23.8 Å². The van der Waals surface area contributed by atoms with Gasteiger partial charge in [0.2, 0.25) is 5.91 Å². The first-order valence-electron chi connectivity index (χ1n) is 7.07. The summed E-state index contributed by atoms with van der Waals surface area (Å²) >= 11 is 0. The van der Waals surface area contributed by atoms with E-state index in [1.54, 1.807) is 6.07 Å². The fraction of sp³-hybridized carbons (Fsp3) is 0.375. The van der Waals surface area contributed by atoms with Gasteiger partial charge in [-0.3, -0.25) is 14.9 Å². The number of nitro groups is 1. The molecule has 1 rings (SSSR count). The lowest BCUT2D eigenvalue weighted by atomic mass is 10.1. The highest BCUT2D eigenvalue weighted by atomic mass is 16.6. The van der Waals surface area contributed by atoms with Crippen LogP contribution in [0.4, 0.5) is 5.69 Å². The molecule has 1 aromatic rings. The number of ether oxygens (including phenoxy) is 1. The van der Waals surface area contributed by atoms with Crippen LogP contribution in [0.1, 0.15) is 25.8 Å². The third kappa shape index (κ3) is 6.29. The maximum Gasteiger partial charge on any atom is 0.328 e. The maximum absolute atomic E-state index is 12.1. The molecule has 7 nitrogen and oxygen atoms in total. The smallest absolute Gasteiger partial charge is 0.328 e. The molecule has 1 N–H and O–H groups in total. The quantitative estimate of drug-likeness (QED) is 0.359. The highest BCUT2D eigenvalue weighted by molar-refractivity contribution is 5.85. The summed E-state index contributed by atoms with van der Waals surface area (Å²) in [4.78, 5) is 34.0. The maximum atomic E-state index is 12.1. The van der Waals surface area contributed by atoms with Crippen molar-refractivity contribution in [2.75, 3.05) is 7.11 Å². The summed E-state index contributed by atoms with van der Waals surface area (Å²) in [5.74, 6) is -0.932. The number of benzene rings is 1. The molecule has 23 heavy (non-hydrogen) atoms. The molecule has 1 atom stereocenters. The van der Waals surface area contributed by atoms with Crippen LogP contribution in [0, 0.1) is 10.1 Å². The minimum absolute atomic E-state index is 0.0516. The number of amides is 1. The number of hydrogen-bond acceptors (Lipinski definition) is 5. The number of allylic oxidation sites excluding steroid dienone is 1. The molecule has 7 heteroatoms. The molecule has 124 valence electrons. The molecule has 0 bridgehead atoms. The molecular weight excluding hydrogens is 300 g/mol. The lowest BCUT2D eigenvalue weighted by Crippen LogP contribution is -2.41. The number of methoxy groups -OCH3 is 1. The van der Waals surface area contributed by atoms with Gasteiger partial charge in [0.05, 0.1) is 18.5 Å². The van der Waals surface area contributed by atoms with Crippen molar-refractivity contribution in [2.45, 2.75) is 32.7 Å². The van der Waals surface area contributed by atoms with Crippen molar-refractivity contribution in [1.29, 1.82) is 0 Å². The molecule has 1 amide bonds. The van der Waals surface area contributed by atoms with E-state index in [9.17, 15) is 19.7 Å². The van der Waals surface area contributed by atoms with E-state index < -0.39 is 22.8 Å². The van der Waals surface area contributed by atoms with Gasteiger partial charge in [0.1, 0.15) is 6.04 Å². The van der Waals surface area contributed by atoms with E-state index in [-0.39, 0.29) is 12.1 Å². The predicted octanol–water partition coefficient (Wildman–Crippen LogP) is 2.15. The number of carbonyl (C=O) groups is 2. The van der Waals surface area contributed by atoms with Crippen molar-refractivity contribution in [3.8, 4) is 0 Å². The van der Waals surface area contributed by atoms with E-state index in [1.807, 2.05) is 19.9 Å². The third-order valence-electron chi connectivity index (χ3n) is 3.07. The molecule has 0 heterocycles. The average molecular weight is 320 g/mol. The predicted molar refractivity (Wildman–Crippen MR) is 84.8 cm³/mol. The summed E-state index contributed by atoms with van der Waals surface area (Å²) in [7, 11) is 1.25. The molecule has 0 aliphatic carbocycles. The number of hydrogen-bond donors (Lipinski definition) is 1. The number of esters is 1. The summed E-state index contributed by atoms with van der Waals surface area (Å²) in [5, 5.41) is 13.3. The van der Waals surface area contributed by atoms with E-state index in [4.69, 9.17) is 0 Å². The Morgan fingerprint density at radius 2 is 2.09 bits per heavy atom. The van der Waals surface area contributed by atoms with Crippen LogP contribution in [0.3, 0.4) is 0 Å². The zero-order valence-electron chi connectivity index (χ0n) is 13.4. The molecule has 0 spiro atoms. The second kappa shape index (κ2) is 8.67. The first kappa shape index (κ1) is 18.3. The second-order valence-corrected chi connectivity index (χ2v) is 5.26. The zero-order valence-corrected chi connectivity index (χ0v) is 13.4. The van der Waals surface area contributed by atoms with Gasteiger partial charge in [-0.2, -0.15) is 0 Å². The Kier molecular flexibility index (Phi) is 6.92. The molecule has 1 aromatic carbocycles. The molecule has 0 aliphatic rings. The van der Waals surface area contributed by atoms with Crippen molar-refractivity contribution in [2.24, 2.45) is 0 Å². The molecule has 0 aromatic heterocycles. The van der Waals surface area contributed by atoms with Crippen molar-refractivity contribution in [1.82, 2.24) is 5.32 Å². The molecule has 0 saturated heterocycles. The SMILES string of the molecule is COC(=O)[C@H](CC=C(C)C)NC(=O)Cc1cccc([N+](=O)[O-])c1. The lowest BCUT2D eigenvalue weighted by Gasteiger charge is -2.15. The second-order valence-electron chi connectivity index (χ2n) is 5.26. The van der Waals surface area contributed by atoms with Crippen LogP contribution in [0.25, 0.3) is 0 Å². The van der Waals surface area contributed by atoms with Crippen LogP contribution in [-0.4, -0.2) is 30.0 Å². The highest BCUT2D eigenvalue weighted by Gasteiger charge is 2.20. The van der Waals surface area contributed by atoms with Gasteiger partial charge in [-0.15, -0.1) is 0 Å². The van der Waals surface area contributed by atoms with Crippen molar-refractivity contribution in [3.63, 3.8) is 0 Å². The molecule has 0 fully saturated rings. The standard InChI is InChI=1S/C16H20N2O5/c1-11(2)7-8-14(16(20)23-3)17-15(19)10-12-5-4-6-13(9-12)18(21)22/h4-7,9,14H,8,10H2,1-3H3,(H,17,19)/t14-/m0/s1. The number of carbonyl (C=O) groups excluding carboxylic acids is 2. The van der Waals surface area contributed by atoms with Crippen LogP contribution in [0.5, 0.6) is 0 Å². The van der Waals surface area contributed by atoms with E-state index in [2.05, 4.69) is 10.1 Å². The van der Waals surface area contributed by atoms with Gasteiger partial charge in [-0.05, 0) is 25.8 Å². The zero-order chi connectivity index (χ0) is 17.4. The van der Waals surface area contributed by atoms with Gasteiger partial charge in [0, 0.05) is 12.1 Å². The van der Waals surface area contributed by atoms with Crippen LogP contribution in [0.2, 0.25) is 0 Å². The summed E-state index contributed by atoms with van der Waals surface area (Å²) in [6, 6.07) is 5.05. The summed E-state index contributed by atoms with van der Waals surface area (Å²) in [5.41, 5.74) is 1.44. The molecular formula is C16H20N2O5. The molecule has 0 aliphatic heterocycles. The van der Waals surface area contributed by atoms with Crippen LogP contribution in [-0.2, 0) is 20.7 Å². The average Bonchev–Trinajstić information content (AvgIpc) is 2.50. The first-order valence-corrected chi connectivity index (χ1v) is 7.07. The van der Waals surface area contributed by atoms with Crippen molar-refractivity contribution < 1.29 is 19.2 Å².